The van der Waals surface area contributed by atoms with Gasteiger partial charge in [-0.2, -0.15) is 0 Å². The van der Waals surface area contributed by atoms with E-state index >= 15 is 0 Å². The van der Waals surface area contributed by atoms with Gasteiger partial charge in [0.1, 0.15) is 11.2 Å². The van der Waals surface area contributed by atoms with Crippen molar-refractivity contribution in [3.63, 3.8) is 0 Å². The molecule has 0 saturated heterocycles. The summed E-state index contributed by atoms with van der Waals surface area (Å²) < 4.78 is 164. The monoisotopic (exact) mass is 640 g/mol. The van der Waals surface area contributed by atoms with Gasteiger partial charge in [-0.1, -0.05) is 169 Å². The fraction of sp³-hybridized carbons (Fsp3) is 0. The fourth-order valence-electron chi connectivity index (χ4n) is 6.74. The molecule has 1 heterocycles. The van der Waals surface area contributed by atoms with Crippen molar-refractivity contribution in [3.8, 4) is 44.5 Å². The standard InChI is InChI=1S/C48H30O/c1-2-13-31(14-3-1)32-25-27-34(28-26-32)35-16-6-7-18-37(35)45-38-19-8-10-21-40(38)46(41-22-11-9-20-39(41)45)42-23-12-24-44-47(42)43-30-29-33-15-4-5-17-36(33)48(43)49-44/h1-30H/i1D,2D,3D,4D,5D,6D,7D,12D,13D,14D,15D,16D,17D,18D,23D,24D,29D,30D. The molecule has 0 N–H and O–H groups in total. The number of hydrogen-bond donors (Lipinski definition) is 0. The maximum atomic E-state index is 9.53. The third-order valence-corrected chi connectivity index (χ3v) is 8.83. The molecule has 0 bridgehead atoms. The lowest BCUT2D eigenvalue weighted by molar-refractivity contribution is 0.673. The molecule has 9 aromatic carbocycles. The number of furan rings is 1. The van der Waals surface area contributed by atoms with E-state index in [2.05, 4.69) is 0 Å². The molecule has 1 heteroatoms. The second kappa shape index (κ2) is 11.1. The highest BCUT2D eigenvalue weighted by Crippen LogP contribution is 2.48. The van der Waals surface area contributed by atoms with Gasteiger partial charge in [0.25, 0.3) is 0 Å². The summed E-state index contributed by atoms with van der Waals surface area (Å²) in [7, 11) is 0. The second-order valence-electron chi connectivity index (χ2n) is 11.4. The minimum atomic E-state index is -0.612. The van der Waals surface area contributed by atoms with Gasteiger partial charge >= 0.3 is 0 Å². The molecule has 0 saturated carbocycles. The number of benzene rings is 9. The number of hydrogen-bond acceptors (Lipinski definition) is 1. The Bertz CT molecular complexity index is 3810. The largest absolute Gasteiger partial charge is 0.455 e. The summed E-state index contributed by atoms with van der Waals surface area (Å²) in [5, 5.41) is 1.16. The zero-order valence-electron chi connectivity index (χ0n) is 43.3. The molecule has 0 unspecified atom stereocenters. The summed E-state index contributed by atoms with van der Waals surface area (Å²) in [6, 6.07) is 11.0. The van der Waals surface area contributed by atoms with Crippen LogP contribution >= 0.6 is 0 Å². The molecule has 0 radical (unpaired) electrons. The molecular formula is C48H30O. The molecular weight excluding hydrogens is 593 g/mol. The summed E-state index contributed by atoms with van der Waals surface area (Å²) in [6.07, 6.45) is 0. The van der Waals surface area contributed by atoms with Crippen LogP contribution in [-0.2, 0) is 0 Å². The number of fused-ring (bicyclic) bond motifs is 7. The van der Waals surface area contributed by atoms with E-state index in [0.29, 0.717) is 38.2 Å². The van der Waals surface area contributed by atoms with Gasteiger partial charge in [-0.15, -0.1) is 0 Å². The predicted molar refractivity (Wildman–Crippen MR) is 208 cm³/mol. The summed E-state index contributed by atoms with van der Waals surface area (Å²) in [5.74, 6) is 0. The first kappa shape index (κ1) is 15.2. The fourth-order valence-corrected chi connectivity index (χ4v) is 6.74. The van der Waals surface area contributed by atoms with E-state index in [1.54, 1.807) is 60.7 Å². The highest BCUT2D eigenvalue weighted by molar-refractivity contribution is 6.27. The molecule has 0 aliphatic carbocycles. The van der Waals surface area contributed by atoms with E-state index in [9.17, 15) is 5.48 Å². The van der Waals surface area contributed by atoms with E-state index < -0.39 is 96.7 Å². The summed E-state index contributed by atoms with van der Waals surface area (Å²) in [5.41, 5.74) is 1.00. The van der Waals surface area contributed by atoms with Gasteiger partial charge in [0.05, 0.1) is 24.7 Å². The van der Waals surface area contributed by atoms with Crippen LogP contribution in [0.1, 0.15) is 24.7 Å². The van der Waals surface area contributed by atoms with Crippen molar-refractivity contribution in [1.29, 1.82) is 0 Å². The molecule has 0 aliphatic rings. The van der Waals surface area contributed by atoms with Gasteiger partial charge in [0, 0.05) is 16.2 Å². The average molecular weight is 641 g/mol. The lowest BCUT2D eigenvalue weighted by atomic mass is 9.83. The highest BCUT2D eigenvalue weighted by atomic mass is 16.3. The summed E-state index contributed by atoms with van der Waals surface area (Å²) >= 11 is 0. The Labute approximate surface area is 309 Å². The van der Waals surface area contributed by atoms with E-state index in [1.165, 1.54) is 12.1 Å². The first-order chi connectivity index (χ1) is 31.8. The van der Waals surface area contributed by atoms with Crippen molar-refractivity contribution >= 4 is 54.3 Å². The topological polar surface area (TPSA) is 13.1 Å². The summed E-state index contributed by atoms with van der Waals surface area (Å²) in [6.45, 7) is 0. The summed E-state index contributed by atoms with van der Waals surface area (Å²) in [4.78, 5) is 0. The minimum Gasteiger partial charge on any atom is -0.455 e. The van der Waals surface area contributed by atoms with Crippen LogP contribution < -0.4 is 0 Å². The Balaban J connectivity index is 1.33. The van der Waals surface area contributed by atoms with Crippen molar-refractivity contribution in [2.75, 3.05) is 0 Å². The van der Waals surface area contributed by atoms with Crippen molar-refractivity contribution in [2.45, 2.75) is 0 Å². The third kappa shape index (κ3) is 4.33. The molecule has 1 aromatic heterocycles. The molecule has 10 rings (SSSR count). The quantitative estimate of drug-likeness (QED) is 0.174. The van der Waals surface area contributed by atoms with E-state index in [1.807, 2.05) is 0 Å². The lowest BCUT2D eigenvalue weighted by Gasteiger charge is -2.20. The van der Waals surface area contributed by atoms with E-state index in [-0.39, 0.29) is 72.6 Å². The maximum absolute atomic E-state index is 9.53. The van der Waals surface area contributed by atoms with Crippen LogP contribution in [0.5, 0.6) is 0 Å². The molecule has 0 atom stereocenters. The smallest absolute Gasteiger partial charge is 0.143 e. The Morgan fingerprint density at radius 1 is 0.367 bits per heavy atom. The number of rotatable bonds is 4. The molecule has 10 aromatic rings. The first-order valence-corrected chi connectivity index (χ1v) is 15.4. The maximum Gasteiger partial charge on any atom is 0.143 e. The lowest BCUT2D eigenvalue weighted by Crippen LogP contribution is -1.93. The molecule has 0 spiro atoms. The van der Waals surface area contributed by atoms with Crippen LogP contribution in [0.3, 0.4) is 0 Å². The van der Waals surface area contributed by atoms with Gasteiger partial charge in [-0.3, -0.25) is 0 Å². The van der Waals surface area contributed by atoms with Crippen LogP contribution in [0.15, 0.2) is 186 Å². The predicted octanol–water partition coefficient (Wildman–Crippen LogP) is 13.7. The molecule has 1 nitrogen and oxygen atoms in total. The van der Waals surface area contributed by atoms with Crippen molar-refractivity contribution < 1.29 is 29.1 Å². The normalized spacial score (nSPS) is 16.8. The van der Waals surface area contributed by atoms with Crippen molar-refractivity contribution in [1.82, 2.24) is 0 Å². The Morgan fingerprint density at radius 2 is 0.939 bits per heavy atom. The van der Waals surface area contributed by atoms with Gasteiger partial charge in [-0.05, 0) is 83.5 Å². The van der Waals surface area contributed by atoms with Gasteiger partial charge in [0.15, 0.2) is 0 Å². The van der Waals surface area contributed by atoms with Crippen molar-refractivity contribution in [3.05, 3.63) is 182 Å². The Morgan fingerprint density at radius 3 is 1.65 bits per heavy atom. The minimum absolute atomic E-state index is 0.00149. The van der Waals surface area contributed by atoms with Crippen LogP contribution in [-0.4, -0.2) is 0 Å². The highest BCUT2D eigenvalue weighted by Gasteiger charge is 2.22. The van der Waals surface area contributed by atoms with Gasteiger partial charge in [0.2, 0.25) is 0 Å². The average Bonchev–Trinajstić information content (AvgIpc) is 3.73. The Hall–Kier alpha value is -6.44. The molecule has 0 amide bonds. The molecule has 0 aliphatic heterocycles. The van der Waals surface area contributed by atoms with Crippen LogP contribution in [0.2, 0.25) is 0 Å². The second-order valence-corrected chi connectivity index (χ2v) is 11.4. The van der Waals surface area contributed by atoms with Gasteiger partial charge in [-0.25, -0.2) is 0 Å². The van der Waals surface area contributed by atoms with Crippen LogP contribution in [0.25, 0.3) is 98.8 Å². The molecule has 228 valence electrons. The van der Waals surface area contributed by atoms with Gasteiger partial charge < -0.3 is 4.42 Å². The third-order valence-electron chi connectivity index (χ3n) is 8.83. The van der Waals surface area contributed by atoms with E-state index in [0.717, 1.165) is 0 Å². The molecule has 49 heavy (non-hydrogen) atoms. The SMILES string of the molecule is [2H]c1c([2H])c([2H])c(-c2ccc(-c3c([2H])c([2H])c([2H])c([2H])c3-c3c4ccccc4c(-c4c([2H])c([2H])c([2H])c5oc6c7c([2H])c([2H])c([2H])c([2H])c7c([2H])c([2H])c6c45)c4ccccc34)cc2)c([2H])c1[2H]. The Kier molecular flexibility index (Phi) is 3.43. The zero-order valence-corrected chi connectivity index (χ0v) is 25.3. The van der Waals surface area contributed by atoms with Crippen LogP contribution in [0.4, 0.5) is 0 Å². The van der Waals surface area contributed by atoms with E-state index in [4.69, 9.17) is 23.6 Å². The first-order valence-electron chi connectivity index (χ1n) is 24.4. The zero-order chi connectivity index (χ0) is 48.0. The molecule has 0 fully saturated rings. The van der Waals surface area contributed by atoms with Crippen LogP contribution in [0, 0.1) is 0 Å². The van der Waals surface area contributed by atoms with Crippen molar-refractivity contribution in [2.24, 2.45) is 0 Å².